The van der Waals surface area contributed by atoms with Crippen molar-refractivity contribution in [1.82, 2.24) is 19.6 Å². The molecule has 0 N–H and O–H groups in total. The number of hydrogen-bond donors (Lipinski definition) is 0. The molecule has 2 fully saturated rings. The Morgan fingerprint density at radius 2 is 1.63 bits per heavy atom. The summed E-state index contributed by atoms with van der Waals surface area (Å²) in [6, 6.07) is 17.4. The first-order valence-corrected chi connectivity index (χ1v) is 12.5. The molecule has 0 spiro atoms. The highest BCUT2D eigenvalue weighted by molar-refractivity contribution is 6.00. The number of rotatable bonds is 5. The molecule has 2 aliphatic heterocycles. The van der Waals surface area contributed by atoms with E-state index in [9.17, 15) is 9.59 Å². The van der Waals surface area contributed by atoms with E-state index in [0.717, 1.165) is 37.2 Å². The number of piperidine rings is 2. The average Bonchev–Trinajstić information content (AvgIpc) is 3.39. The normalized spacial score (nSPS) is 16.8. The van der Waals surface area contributed by atoms with Crippen molar-refractivity contribution < 1.29 is 14.3 Å². The van der Waals surface area contributed by atoms with E-state index in [2.05, 4.69) is 0 Å². The largest absolute Gasteiger partial charge is 0.497 e. The van der Waals surface area contributed by atoms with Gasteiger partial charge in [0.1, 0.15) is 11.4 Å². The zero-order valence-corrected chi connectivity index (χ0v) is 20.2. The van der Waals surface area contributed by atoms with E-state index in [1.807, 2.05) is 70.6 Å². The lowest BCUT2D eigenvalue weighted by Crippen LogP contribution is -2.45. The van der Waals surface area contributed by atoms with Crippen molar-refractivity contribution in [3.63, 3.8) is 0 Å². The number of ether oxygens (including phenoxy) is 1. The molecule has 0 atom stereocenters. The Kier molecular flexibility index (Phi) is 6.84. The highest BCUT2D eigenvalue weighted by Gasteiger charge is 2.32. The molecule has 182 valence electrons. The summed E-state index contributed by atoms with van der Waals surface area (Å²) in [6.45, 7) is 2.91. The summed E-state index contributed by atoms with van der Waals surface area (Å²) in [5.74, 6) is 0.953. The highest BCUT2D eigenvalue weighted by Crippen LogP contribution is 2.29. The van der Waals surface area contributed by atoms with Crippen LogP contribution in [0.2, 0.25) is 0 Å². The zero-order chi connectivity index (χ0) is 24.2. The van der Waals surface area contributed by atoms with Crippen LogP contribution in [0.4, 0.5) is 0 Å². The van der Waals surface area contributed by atoms with Crippen molar-refractivity contribution in [3.05, 3.63) is 66.4 Å². The first-order chi connectivity index (χ1) is 17.1. The summed E-state index contributed by atoms with van der Waals surface area (Å²) < 4.78 is 7.16. The van der Waals surface area contributed by atoms with Crippen molar-refractivity contribution >= 4 is 11.8 Å². The van der Waals surface area contributed by atoms with Gasteiger partial charge in [-0.3, -0.25) is 9.59 Å². The van der Waals surface area contributed by atoms with Gasteiger partial charge in [0.2, 0.25) is 5.91 Å². The number of amides is 2. The molecule has 5 rings (SSSR count). The van der Waals surface area contributed by atoms with Gasteiger partial charge in [0, 0.05) is 43.9 Å². The van der Waals surface area contributed by atoms with Gasteiger partial charge in [-0.1, -0.05) is 30.3 Å². The molecule has 0 aliphatic carbocycles. The van der Waals surface area contributed by atoms with Crippen molar-refractivity contribution in [2.75, 3.05) is 33.3 Å². The Balaban J connectivity index is 1.38. The molecule has 2 saturated heterocycles. The van der Waals surface area contributed by atoms with Crippen LogP contribution in [0.25, 0.3) is 16.9 Å². The van der Waals surface area contributed by atoms with E-state index in [1.54, 1.807) is 11.8 Å². The summed E-state index contributed by atoms with van der Waals surface area (Å²) in [6.07, 6.45) is 6.65. The van der Waals surface area contributed by atoms with E-state index in [1.165, 1.54) is 6.42 Å². The molecule has 0 saturated carbocycles. The number of aromatic nitrogens is 2. The Morgan fingerprint density at radius 1 is 0.886 bits per heavy atom. The van der Waals surface area contributed by atoms with Crippen LogP contribution < -0.4 is 4.74 Å². The van der Waals surface area contributed by atoms with Gasteiger partial charge in [0.15, 0.2) is 0 Å². The van der Waals surface area contributed by atoms with E-state index < -0.39 is 0 Å². The average molecular weight is 473 g/mol. The lowest BCUT2D eigenvalue weighted by molar-refractivity contribution is -0.137. The van der Waals surface area contributed by atoms with Crippen LogP contribution in [-0.4, -0.2) is 64.7 Å². The standard InChI is InChI=1S/C28H32N4O3/c1-35-24-12-8-9-22(19-24)26-25(20-32(29-26)23-10-4-2-5-11-23)28(34)31-17-13-21(14-18-31)27(33)30-15-6-3-7-16-30/h2,4-5,8-12,19-21H,3,6-7,13-18H2,1H3. The molecule has 0 unspecified atom stereocenters. The van der Waals surface area contributed by atoms with Crippen LogP contribution in [0.1, 0.15) is 42.5 Å². The molecular weight excluding hydrogens is 440 g/mol. The minimum atomic E-state index is -0.0473. The molecule has 7 heteroatoms. The Morgan fingerprint density at radius 3 is 2.34 bits per heavy atom. The quantitative estimate of drug-likeness (QED) is 0.552. The topological polar surface area (TPSA) is 67.7 Å². The van der Waals surface area contributed by atoms with E-state index in [0.29, 0.717) is 42.9 Å². The van der Waals surface area contributed by atoms with Gasteiger partial charge >= 0.3 is 0 Å². The van der Waals surface area contributed by atoms with Gasteiger partial charge in [-0.2, -0.15) is 5.10 Å². The molecule has 2 aromatic carbocycles. The Bertz CT molecular complexity index is 1180. The monoisotopic (exact) mass is 472 g/mol. The predicted molar refractivity (Wildman–Crippen MR) is 135 cm³/mol. The number of carbonyl (C=O) groups is 2. The molecule has 7 nitrogen and oxygen atoms in total. The van der Waals surface area contributed by atoms with Gasteiger partial charge in [-0.05, 0) is 56.4 Å². The number of carbonyl (C=O) groups excluding carboxylic acids is 2. The Labute approximate surface area is 206 Å². The highest BCUT2D eigenvalue weighted by atomic mass is 16.5. The molecule has 35 heavy (non-hydrogen) atoms. The van der Waals surface area contributed by atoms with Crippen molar-refractivity contribution in [2.45, 2.75) is 32.1 Å². The first-order valence-electron chi connectivity index (χ1n) is 12.5. The summed E-state index contributed by atoms with van der Waals surface area (Å²) >= 11 is 0. The van der Waals surface area contributed by atoms with E-state index in [4.69, 9.17) is 9.84 Å². The second-order valence-electron chi connectivity index (χ2n) is 9.36. The second kappa shape index (κ2) is 10.3. The van der Waals surface area contributed by atoms with Crippen LogP contribution in [-0.2, 0) is 4.79 Å². The third-order valence-corrected chi connectivity index (χ3v) is 7.11. The lowest BCUT2D eigenvalue weighted by Gasteiger charge is -2.35. The first kappa shape index (κ1) is 23.1. The zero-order valence-electron chi connectivity index (χ0n) is 20.2. The number of likely N-dealkylation sites (tertiary alicyclic amines) is 2. The van der Waals surface area contributed by atoms with Gasteiger partial charge in [0.25, 0.3) is 5.91 Å². The summed E-state index contributed by atoms with van der Waals surface area (Å²) in [5.41, 5.74) is 2.91. The minimum absolute atomic E-state index is 0.0158. The Hall–Kier alpha value is -3.61. The lowest BCUT2D eigenvalue weighted by atomic mass is 9.93. The maximum atomic E-state index is 13.7. The molecular formula is C28H32N4O3. The summed E-state index contributed by atoms with van der Waals surface area (Å²) in [4.78, 5) is 30.6. The fourth-order valence-corrected chi connectivity index (χ4v) is 5.10. The number of benzene rings is 2. The van der Waals surface area contributed by atoms with Crippen LogP contribution in [0, 0.1) is 5.92 Å². The third-order valence-electron chi connectivity index (χ3n) is 7.11. The fourth-order valence-electron chi connectivity index (χ4n) is 5.10. The van der Waals surface area contributed by atoms with Crippen molar-refractivity contribution in [3.8, 4) is 22.7 Å². The van der Waals surface area contributed by atoms with Gasteiger partial charge < -0.3 is 14.5 Å². The number of hydrogen-bond acceptors (Lipinski definition) is 4. The van der Waals surface area contributed by atoms with Gasteiger partial charge in [0.05, 0.1) is 18.4 Å². The molecule has 3 heterocycles. The maximum absolute atomic E-state index is 13.7. The summed E-state index contributed by atoms with van der Waals surface area (Å²) in [5, 5.41) is 4.80. The van der Waals surface area contributed by atoms with Crippen LogP contribution in [0.15, 0.2) is 60.8 Å². The molecule has 0 bridgehead atoms. The molecule has 2 aliphatic rings. The molecule has 3 aromatic rings. The number of para-hydroxylation sites is 1. The number of methoxy groups -OCH3 is 1. The van der Waals surface area contributed by atoms with Gasteiger partial charge in [-0.15, -0.1) is 0 Å². The van der Waals surface area contributed by atoms with E-state index in [-0.39, 0.29) is 17.7 Å². The SMILES string of the molecule is COc1cccc(-c2nn(-c3ccccc3)cc2C(=O)N2CCC(C(=O)N3CCCCC3)CC2)c1. The predicted octanol–water partition coefficient (Wildman–Crippen LogP) is 4.41. The second-order valence-corrected chi connectivity index (χ2v) is 9.36. The smallest absolute Gasteiger partial charge is 0.257 e. The molecule has 0 radical (unpaired) electrons. The molecule has 1 aromatic heterocycles. The fraction of sp³-hybridized carbons (Fsp3) is 0.393. The molecule has 2 amide bonds. The van der Waals surface area contributed by atoms with E-state index >= 15 is 0 Å². The third kappa shape index (κ3) is 4.94. The maximum Gasteiger partial charge on any atom is 0.257 e. The van der Waals surface area contributed by atoms with Crippen molar-refractivity contribution in [1.29, 1.82) is 0 Å². The number of nitrogens with zero attached hydrogens (tertiary/aromatic N) is 4. The van der Waals surface area contributed by atoms with Gasteiger partial charge in [-0.25, -0.2) is 4.68 Å². The summed E-state index contributed by atoms with van der Waals surface area (Å²) in [7, 11) is 1.63. The van der Waals surface area contributed by atoms with Crippen LogP contribution in [0.5, 0.6) is 5.75 Å². The minimum Gasteiger partial charge on any atom is -0.497 e. The van der Waals surface area contributed by atoms with Crippen LogP contribution >= 0.6 is 0 Å². The van der Waals surface area contributed by atoms with Crippen molar-refractivity contribution in [2.24, 2.45) is 5.92 Å². The van der Waals surface area contributed by atoms with Crippen LogP contribution in [0.3, 0.4) is 0 Å².